The van der Waals surface area contributed by atoms with Crippen molar-refractivity contribution in [3.8, 4) is 28.5 Å². The average Bonchev–Trinajstić information content (AvgIpc) is 2.56. The van der Waals surface area contributed by atoms with Gasteiger partial charge in [-0.25, -0.2) is 9.37 Å². The average molecular weight is 403 g/mol. The van der Waals surface area contributed by atoms with Crippen LogP contribution in [-0.2, 0) is 0 Å². The van der Waals surface area contributed by atoms with Gasteiger partial charge in [0.25, 0.3) is 0 Å². The van der Waals surface area contributed by atoms with E-state index in [1.807, 2.05) is 12.1 Å². The second-order valence-corrected chi connectivity index (χ2v) is 6.41. The molecule has 0 amide bonds. The van der Waals surface area contributed by atoms with Crippen molar-refractivity contribution in [2.24, 2.45) is 0 Å². The summed E-state index contributed by atoms with van der Waals surface area (Å²) < 4.78 is 15.0. The zero-order chi connectivity index (χ0) is 17.3. The monoisotopic (exact) mass is 401 g/mol. The van der Waals surface area contributed by atoms with Gasteiger partial charge in [0.1, 0.15) is 23.3 Å². The summed E-state index contributed by atoms with van der Waals surface area (Å²) in [7, 11) is 0. The molecule has 0 fully saturated rings. The van der Waals surface area contributed by atoms with Crippen molar-refractivity contribution in [2.45, 2.75) is 0 Å². The van der Waals surface area contributed by atoms with Gasteiger partial charge in [-0.2, -0.15) is 5.26 Å². The van der Waals surface area contributed by atoms with E-state index in [2.05, 4.69) is 20.9 Å². The van der Waals surface area contributed by atoms with Crippen LogP contribution >= 0.6 is 27.5 Å². The van der Waals surface area contributed by atoms with Crippen LogP contribution < -0.4 is 5.73 Å². The van der Waals surface area contributed by atoms with Gasteiger partial charge in [-0.3, -0.25) is 0 Å². The topological polar surface area (TPSA) is 62.7 Å². The Morgan fingerprint density at radius 2 is 1.92 bits per heavy atom. The molecule has 24 heavy (non-hydrogen) atoms. The van der Waals surface area contributed by atoms with Gasteiger partial charge < -0.3 is 5.73 Å². The summed E-state index contributed by atoms with van der Waals surface area (Å²) in [6.45, 7) is 0. The Hall–Kier alpha value is -2.42. The maximum absolute atomic E-state index is 14.3. The molecule has 0 unspecified atom stereocenters. The highest BCUT2D eigenvalue weighted by molar-refractivity contribution is 9.10. The third kappa shape index (κ3) is 3.12. The lowest BCUT2D eigenvalue weighted by Gasteiger charge is -2.11. The lowest BCUT2D eigenvalue weighted by molar-refractivity contribution is 0.631. The molecule has 6 heteroatoms. The highest BCUT2D eigenvalue weighted by atomic mass is 79.9. The Bertz CT molecular complexity index is 982. The summed E-state index contributed by atoms with van der Waals surface area (Å²) in [5, 5.41) is 9.95. The summed E-state index contributed by atoms with van der Waals surface area (Å²) in [5.74, 6) is -0.401. The molecule has 3 aromatic rings. The first-order valence-electron chi connectivity index (χ1n) is 6.91. The van der Waals surface area contributed by atoms with Crippen molar-refractivity contribution < 1.29 is 4.39 Å². The number of pyridine rings is 1. The van der Waals surface area contributed by atoms with Gasteiger partial charge in [0.05, 0.1) is 5.69 Å². The molecule has 0 aliphatic rings. The van der Waals surface area contributed by atoms with Crippen LogP contribution in [0.3, 0.4) is 0 Å². The molecule has 0 spiro atoms. The third-order valence-electron chi connectivity index (χ3n) is 3.50. The van der Waals surface area contributed by atoms with Crippen LogP contribution in [0.4, 0.5) is 10.2 Å². The fraction of sp³-hybridized carbons (Fsp3) is 0. The van der Waals surface area contributed by atoms with Crippen LogP contribution in [0.25, 0.3) is 22.4 Å². The van der Waals surface area contributed by atoms with E-state index >= 15 is 0 Å². The number of benzene rings is 2. The number of nitrogens with zero attached hydrogens (tertiary/aromatic N) is 2. The normalized spacial score (nSPS) is 10.4. The van der Waals surface area contributed by atoms with Gasteiger partial charge in [0.2, 0.25) is 0 Å². The number of anilines is 1. The number of hydrogen-bond donors (Lipinski definition) is 1. The Balaban J connectivity index is 2.29. The molecule has 0 aliphatic carbocycles. The first-order chi connectivity index (χ1) is 11.5. The Labute approximate surface area is 151 Å². The lowest BCUT2D eigenvalue weighted by Crippen LogP contribution is -2.00. The number of aromatic nitrogens is 1. The van der Waals surface area contributed by atoms with Crippen LogP contribution in [0.1, 0.15) is 5.56 Å². The fourth-order valence-electron chi connectivity index (χ4n) is 2.39. The van der Waals surface area contributed by atoms with Gasteiger partial charge in [0.15, 0.2) is 0 Å². The molecule has 0 bridgehead atoms. The number of halogens is 3. The highest BCUT2D eigenvalue weighted by Crippen LogP contribution is 2.34. The molecule has 0 atom stereocenters. The van der Waals surface area contributed by atoms with Crippen LogP contribution in [0.15, 0.2) is 53.0 Å². The largest absolute Gasteiger partial charge is 0.383 e. The second kappa shape index (κ2) is 6.60. The van der Waals surface area contributed by atoms with Gasteiger partial charge in [-0.15, -0.1) is 0 Å². The van der Waals surface area contributed by atoms with Crippen LogP contribution in [-0.4, -0.2) is 4.98 Å². The fourth-order valence-corrected chi connectivity index (χ4v) is 2.95. The van der Waals surface area contributed by atoms with Crippen molar-refractivity contribution in [1.82, 2.24) is 4.98 Å². The van der Waals surface area contributed by atoms with E-state index in [0.29, 0.717) is 20.8 Å². The predicted octanol–water partition coefficient (Wildman–Crippen LogP) is 5.42. The molecule has 3 rings (SSSR count). The number of nitriles is 1. The molecule has 3 nitrogen and oxygen atoms in total. The first-order valence-corrected chi connectivity index (χ1v) is 8.08. The zero-order valence-corrected chi connectivity index (χ0v) is 14.6. The lowest BCUT2D eigenvalue weighted by atomic mass is 9.98. The zero-order valence-electron chi connectivity index (χ0n) is 12.2. The van der Waals surface area contributed by atoms with Gasteiger partial charge in [0, 0.05) is 26.2 Å². The maximum atomic E-state index is 14.3. The molecular formula is C18H10BrClFN3. The Morgan fingerprint density at radius 1 is 1.12 bits per heavy atom. The van der Waals surface area contributed by atoms with E-state index in [9.17, 15) is 9.65 Å². The summed E-state index contributed by atoms with van der Waals surface area (Å²) in [6, 6.07) is 15.3. The minimum absolute atomic E-state index is 0.0457. The van der Waals surface area contributed by atoms with E-state index in [0.717, 1.165) is 5.56 Å². The molecule has 0 radical (unpaired) electrons. The van der Waals surface area contributed by atoms with Crippen LogP contribution in [0.2, 0.25) is 5.02 Å². The van der Waals surface area contributed by atoms with Crippen molar-refractivity contribution in [3.05, 3.63) is 69.4 Å². The summed E-state index contributed by atoms with van der Waals surface area (Å²) in [4.78, 5) is 4.26. The van der Waals surface area contributed by atoms with Crippen molar-refractivity contribution in [2.75, 3.05) is 5.73 Å². The smallest absolute Gasteiger partial charge is 0.142 e. The van der Waals surface area contributed by atoms with Gasteiger partial charge in [-0.1, -0.05) is 39.7 Å². The number of nitrogen functional groups attached to an aromatic ring is 1. The maximum Gasteiger partial charge on any atom is 0.142 e. The Morgan fingerprint density at radius 3 is 2.62 bits per heavy atom. The standard InChI is InChI=1S/C18H10BrClFN3/c19-11-4-5-16(21)14(7-11)13-8-17(24-18(23)15(13)9-22)10-2-1-3-12(20)6-10/h1-8H,(H2,23,24). The predicted molar refractivity (Wildman–Crippen MR) is 96.9 cm³/mol. The van der Waals surface area contributed by atoms with Crippen molar-refractivity contribution in [3.63, 3.8) is 0 Å². The number of hydrogen-bond acceptors (Lipinski definition) is 3. The Kier molecular flexibility index (Phi) is 4.52. The van der Waals surface area contributed by atoms with Gasteiger partial charge in [-0.05, 0) is 36.4 Å². The van der Waals surface area contributed by atoms with Crippen LogP contribution in [0, 0.1) is 17.1 Å². The molecule has 2 aromatic carbocycles. The summed E-state index contributed by atoms with van der Waals surface area (Å²) >= 11 is 9.34. The summed E-state index contributed by atoms with van der Waals surface area (Å²) in [6.07, 6.45) is 0. The minimum atomic E-state index is -0.447. The third-order valence-corrected chi connectivity index (χ3v) is 4.23. The molecule has 0 saturated carbocycles. The second-order valence-electron chi connectivity index (χ2n) is 5.06. The molecule has 0 saturated heterocycles. The number of nitrogens with two attached hydrogens (primary N) is 1. The van der Waals surface area contributed by atoms with E-state index < -0.39 is 5.82 Å². The van der Waals surface area contributed by atoms with E-state index in [4.69, 9.17) is 17.3 Å². The SMILES string of the molecule is N#Cc1c(-c2cc(Br)ccc2F)cc(-c2cccc(Cl)c2)nc1N. The molecule has 1 aromatic heterocycles. The number of rotatable bonds is 2. The molecule has 1 heterocycles. The summed E-state index contributed by atoms with van der Waals surface area (Å²) in [5.41, 5.74) is 7.98. The van der Waals surface area contributed by atoms with Crippen molar-refractivity contribution in [1.29, 1.82) is 5.26 Å². The molecular weight excluding hydrogens is 393 g/mol. The highest BCUT2D eigenvalue weighted by Gasteiger charge is 2.16. The molecule has 2 N–H and O–H groups in total. The van der Waals surface area contributed by atoms with E-state index in [-0.39, 0.29) is 16.9 Å². The molecule has 0 aliphatic heterocycles. The molecule has 118 valence electrons. The van der Waals surface area contributed by atoms with E-state index in [1.54, 1.807) is 36.4 Å². The minimum Gasteiger partial charge on any atom is -0.383 e. The first kappa shape index (κ1) is 16.4. The quantitative estimate of drug-likeness (QED) is 0.622. The van der Waals surface area contributed by atoms with Gasteiger partial charge >= 0.3 is 0 Å². The van der Waals surface area contributed by atoms with Crippen LogP contribution in [0.5, 0.6) is 0 Å². The van der Waals surface area contributed by atoms with Crippen molar-refractivity contribution >= 4 is 33.3 Å². The van der Waals surface area contributed by atoms with E-state index in [1.165, 1.54) is 6.07 Å².